The van der Waals surface area contributed by atoms with Crippen molar-refractivity contribution in [3.8, 4) is 23.0 Å². The predicted octanol–water partition coefficient (Wildman–Crippen LogP) is 2.93. The van der Waals surface area contributed by atoms with Crippen LogP contribution < -0.4 is 9.47 Å². The van der Waals surface area contributed by atoms with Gasteiger partial charge in [0.15, 0.2) is 23.0 Å². The lowest BCUT2D eigenvalue weighted by Gasteiger charge is -2.11. The number of benzene rings is 2. The Balaban J connectivity index is 2.67. The van der Waals surface area contributed by atoms with Gasteiger partial charge < -0.3 is 29.2 Å². The fourth-order valence-corrected chi connectivity index (χ4v) is 2.61. The van der Waals surface area contributed by atoms with Crippen molar-refractivity contribution >= 4 is 24.1 Å². The molecule has 0 bridgehead atoms. The normalized spacial score (nSPS) is 11.6. The third-order valence-electron chi connectivity index (χ3n) is 4.13. The number of carbonyl (C=O) groups excluding carboxylic acids is 2. The zero-order valence-electron chi connectivity index (χ0n) is 17.0. The Hall–Kier alpha value is -3.94. The molecule has 0 atom stereocenters. The van der Waals surface area contributed by atoms with E-state index < -0.39 is 11.9 Å². The van der Waals surface area contributed by atoms with Crippen molar-refractivity contribution in [1.82, 2.24) is 0 Å². The Morgan fingerprint density at radius 3 is 1.37 bits per heavy atom. The second kappa shape index (κ2) is 10.0. The topological polar surface area (TPSA) is 112 Å². The van der Waals surface area contributed by atoms with E-state index in [1.165, 1.54) is 64.9 Å². The zero-order valence-corrected chi connectivity index (χ0v) is 17.0. The molecule has 0 radical (unpaired) electrons. The van der Waals surface area contributed by atoms with Crippen LogP contribution in [0.1, 0.15) is 11.1 Å². The number of rotatable bonds is 7. The van der Waals surface area contributed by atoms with Crippen molar-refractivity contribution < 1.29 is 38.7 Å². The van der Waals surface area contributed by atoms with Gasteiger partial charge in [0, 0.05) is 0 Å². The van der Waals surface area contributed by atoms with Gasteiger partial charge in [-0.05, 0) is 47.5 Å². The number of phenolic OH excluding ortho intramolecular Hbond substituents is 2. The molecule has 8 nitrogen and oxygen atoms in total. The van der Waals surface area contributed by atoms with Crippen molar-refractivity contribution in [2.75, 3.05) is 28.4 Å². The summed E-state index contributed by atoms with van der Waals surface area (Å²) in [7, 11) is 5.15. The molecule has 8 heteroatoms. The smallest absolute Gasteiger partial charge is 0.338 e. The first-order valence-electron chi connectivity index (χ1n) is 8.69. The van der Waals surface area contributed by atoms with Crippen molar-refractivity contribution in [2.24, 2.45) is 0 Å². The van der Waals surface area contributed by atoms with E-state index in [9.17, 15) is 19.8 Å². The molecule has 0 heterocycles. The number of hydrogen-bond acceptors (Lipinski definition) is 8. The SMILES string of the molecule is COC(=O)C(=C\c1ccc(O)c(OC)c1)/C(=C/c1ccc(O)c(OC)c1)C(=O)OC. The molecule has 0 saturated heterocycles. The summed E-state index contributed by atoms with van der Waals surface area (Å²) in [5.74, 6) is -1.31. The number of ether oxygens (including phenoxy) is 4. The van der Waals surface area contributed by atoms with Crippen LogP contribution in [0.5, 0.6) is 23.0 Å². The van der Waals surface area contributed by atoms with Gasteiger partial charge in [-0.25, -0.2) is 9.59 Å². The summed E-state index contributed by atoms with van der Waals surface area (Å²) in [5, 5.41) is 19.5. The lowest BCUT2D eigenvalue weighted by atomic mass is 9.99. The first kappa shape index (κ1) is 22.4. The van der Waals surface area contributed by atoms with Crippen molar-refractivity contribution in [3.63, 3.8) is 0 Å². The first-order chi connectivity index (χ1) is 14.3. The molecule has 0 aliphatic carbocycles. The van der Waals surface area contributed by atoms with Crippen LogP contribution in [0.3, 0.4) is 0 Å². The van der Waals surface area contributed by atoms with Gasteiger partial charge in [0.05, 0.1) is 39.6 Å². The maximum absolute atomic E-state index is 12.5. The molecule has 0 spiro atoms. The number of hydrogen-bond donors (Lipinski definition) is 2. The predicted molar refractivity (Wildman–Crippen MR) is 109 cm³/mol. The maximum atomic E-state index is 12.5. The molecule has 0 amide bonds. The van der Waals surface area contributed by atoms with E-state index in [4.69, 9.17) is 18.9 Å². The molecule has 2 rings (SSSR count). The van der Waals surface area contributed by atoms with E-state index in [-0.39, 0.29) is 34.1 Å². The van der Waals surface area contributed by atoms with Gasteiger partial charge in [0.25, 0.3) is 0 Å². The molecule has 0 saturated carbocycles. The summed E-state index contributed by atoms with van der Waals surface area (Å²) in [6, 6.07) is 8.87. The number of methoxy groups -OCH3 is 4. The lowest BCUT2D eigenvalue weighted by Crippen LogP contribution is -2.15. The maximum Gasteiger partial charge on any atom is 0.338 e. The van der Waals surface area contributed by atoms with Gasteiger partial charge in [-0.3, -0.25) is 0 Å². The van der Waals surface area contributed by atoms with Crippen LogP contribution in [-0.2, 0) is 19.1 Å². The van der Waals surface area contributed by atoms with E-state index >= 15 is 0 Å². The number of esters is 2. The molecular formula is C22H22O8. The quantitative estimate of drug-likeness (QED) is 0.404. The minimum atomic E-state index is -0.774. The van der Waals surface area contributed by atoms with Gasteiger partial charge in [0.1, 0.15) is 0 Å². The summed E-state index contributed by atoms with van der Waals surface area (Å²) in [6.45, 7) is 0. The lowest BCUT2D eigenvalue weighted by molar-refractivity contribution is -0.139. The van der Waals surface area contributed by atoms with Crippen LogP contribution in [0.2, 0.25) is 0 Å². The standard InChI is InChI=1S/C22H22O8/c1-27-19-11-13(5-7-17(19)23)9-15(21(25)29-3)16(22(26)30-4)10-14-6-8-18(24)20(12-14)28-2/h5-12,23-24H,1-4H3/b15-9-,16-10-. The highest BCUT2D eigenvalue weighted by Gasteiger charge is 2.23. The van der Waals surface area contributed by atoms with Gasteiger partial charge in [-0.2, -0.15) is 0 Å². The highest BCUT2D eigenvalue weighted by Crippen LogP contribution is 2.30. The summed E-state index contributed by atoms with van der Waals surface area (Å²) in [5.41, 5.74) is 0.791. The number of carbonyl (C=O) groups is 2. The monoisotopic (exact) mass is 414 g/mol. The second-order valence-corrected chi connectivity index (χ2v) is 5.96. The molecule has 2 aromatic carbocycles. The summed E-state index contributed by atoms with van der Waals surface area (Å²) in [6.07, 6.45) is 2.82. The third-order valence-corrected chi connectivity index (χ3v) is 4.13. The van der Waals surface area contributed by atoms with Crippen LogP contribution in [-0.4, -0.2) is 50.6 Å². The molecule has 158 valence electrons. The molecule has 0 aromatic heterocycles. The number of aromatic hydroxyl groups is 2. The highest BCUT2D eigenvalue weighted by molar-refractivity contribution is 6.12. The van der Waals surface area contributed by atoms with Crippen LogP contribution in [0, 0.1) is 0 Å². The fraction of sp³-hybridized carbons (Fsp3) is 0.182. The minimum Gasteiger partial charge on any atom is -0.504 e. The summed E-state index contributed by atoms with van der Waals surface area (Å²) >= 11 is 0. The van der Waals surface area contributed by atoms with Gasteiger partial charge in [-0.15, -0.1) is 0 Å². The Morgan fingerprint density at radius 2 is 1.07 bits per heavy atom. The van der Waals surface area contributed by atoms with E-state index in [0.29, 0.717) is 11.1 Å². The van der Waals surface area contributed by atoms with E-state index in [1.807, 2.05) is 0 Å². The Kier molecular flexibility index (Phi) is 7.46. The van der Waals surface area contributed by atoms with Crippen molar-refractivity contribution in [1.29, 1.82) is 0 Å². The summed E-state index contributed by atoms with van der Waals surface area (Å²) in [4.78, 5) is 25.0. The van der Waals surface area contributed by atoms with Crippen LogP contribution in [0.15, 0.2) is 47.5 Å². The number of phenols is 2. The van der Waals surface area contributed by atoms with E-state index in [0.717, 1.165) is 0 Å². The Morgan fingerprint density at radius 1 is 0.700 bits per heavy atom. The van der Waals surface area contributed by atoms with Gasteiger partial charge >= 0.3 is 11.9 Å². The van der Waals surface area contributed by atoms with Gasteiger partial charge in [-0.1, -0.05) is 12.1 Å². The van der Waals surface area contributed by atoms with E-state index in [2.05, 4.69) is 0 Å². The Labute approximate surface area is 173 Å². The third kappa shape index (κ3) is 5.11. The first-order valence-corrected chi connectivity index (χ1v) is 8.69. The molecule has 0 fully saturated rings. The van der Waals surface area contributed by atoms with Gasteiger partial charge in [0.2, 0.25) is 0 Å². The molecular weight excluding hydrogens is 392 g/mol. The summed E-state index contributed by atoms with van der Waals surface area (Å²) < 4.78 is 19.8. The average Bonchev–Trinajstić information content (AvgIpc) is 2.77. The molecule has 0 unspecified atom stereocenters. The second-order valence-electron chi connectivity index (χ2n) is 5.96. The average molecular weight is 414 g/mol. The molecule has 30 heavy (non-hydrogen) atoms. The largest absolute Gasteiger partial charge is 0.504 e. The molecule has 0 aliphatic heterocycles. The fourth-order valence-electron chi connectivity index (χ4n) is 2.61. The van der Waals surface area contributed by atoms with Crippen LogP contribution in [0.25, 0.3) is 12.2 Å². The highest BCUT2D eigenvalue weighted by atomic mass is 16.5. The zero-order chi connectivity index (χ0) is 22.3. The molecule has 2 N–H and O–H groups in total. The van der Waals surface area contributed by atoms with Crippen LogP contribution >= 0.6 is 0 Å². The van der Waals surface area contributed by atoms with E-state index in [1.54, 1.807) is 12.1 Å². The van der Waals surface area contributed by atoms with Crippen molar-refractivity contribution in [3.05, 3.63) is 58.7 Å². The minimum absolute atomic E-state index is 0.0748. The molecule has 2 aromatic rings. The Bertz CT molecular complexity index is 923. The molecule has 0 aliphatic rings. The van der Waals surface area contributed by atoms with Crippen LogP contribution in [0.4, 0.5) is 0 Å². The van der Waals surface area contributed by atoms with Crippen molar-refractivity contribution in [2.45, 2.75) is 0 Å².